The normalized spacial score (nSPS) is 13.3. The molecule has 188 valence electrons. The number of amides is 1. The van der Waals surface area contributed by atoms with Crippen molar-refractivity contribution in [1.82, 2.24) is 24.8 Å². The van der Waals surface area contributed by atoms with Crippen LogP contribution in [0, 0.1) is 5.82 Å². The lowest BCUT2D eigenvalue weighted by Gasteiger charge is -2.18. The van der Waals surface area contributed by atoms with Gasteiger partial charge in [-0.1, -0.05) is 17.7 Å². The minimum Gasteiger partial charge on any atom is -0.463 e. The number of carbonyl (C=O) groups is 1. The van der Waals surface area contributed by atoms with Crippen LogP contribution in [0.25, 0.3) is 39.7 Å². The Morgan fingerprint density at radius 2 is 1.97 bits per heavy atom. The van der Waals surface area contributed by atoms with Crippen LogP contribution in [0.2, 0.25) is 0 Å². The van der Waals surface area contributed by atoms with Crippen molar-refractivity contribution in [3.05, 3.63) is 102 Å². The number of nitrogens with two attached hydrogens (primary N) is 1. The first-order valence-electron chi connectivity index (χ1n) is 12.1. The maximum atomic E-state index is 13.5. The van der Waals surface area contributed by atoms with E-state index >= 15 is 0 Å². The Hall–Kier alpha value is -5.05. The van der Waals surface area contributed by atoms with Gasteiger partial charge in [-0.25, -0.2) is 19.3 Å². The molecule has 0 saturated heterocycles. The fraction of sp³-hybridized carbons (Fsp3) is 0.103. The van der Waals surface area contributed by atoms with Gasteiger partial charge in [0, 0.05) is 24.0 Å². The van der Waals surface area contributed by atoms with Gasteiger partial charge in [0.05, 0.1) is 11.8 Å². The average molecular weight is 507 g/mol. The van der Waals surface area contributed by atoms with E-state index in [9.17, 15) is 9.18 Å². The number of anilines is 1. The van der Waals surface area contributed by atoms with Crippen LogP contribution >= 0.6 is 0 Å². The maximum absolute atomic E-state index is 13.5. The van der Waals surface area contributed by atoms with Crippen molar-refractivity contribution in [1.29, 1.82) is 0 Å². The van der Waals surface area contributed by atoms with E-state index in [0.29, 0.717) is 52.8 Å². The summed E-state index contributed by atoms with van der Waals surface area (Å²) in [6, 6.07) is 16.8. The number of halogens is 1. The first kappa shape index (κ1) is 23.4. The van der Waals surface area contributed by atoms with E-state index in [4.69, 9.17) is 20.1 Å². The average Bonchev–Trinajstić information content (AvgIpc) is 3.60. The van der Waals surface area contributed by atoms with Crippen molar-refractivity contribution in [2.75, 3.05) is 12.3 Å². The molecule has 4 heterocycles. The van der Waals surface area contributed by atoms with E-state index in [1.165, 1.54) is 18.2 Å². The number of nitrogens with one attached hydrogen (secondary N) is 1. The Labute approximate surface area is 217 Å². The molecule has 1 aliphatic carbocycles. The summed E-state index contributed by atoms with van der Waals surface area (Å²) in [5, 5.41) is 2.87. The molecule has 1 amide bonds. The van der Waals surface area contributed by atoms with E-state index in [1.807, 2.05) is 53.1 Å². The zero-order valence-corrected chi connectivity index (χ0v) is 20.3. The number of aromatic nitrogens is 4. The van der Waals surface area contributed by atoms with Gasteiger partial charge in [-0.2, -0.15) is 0 Å². The molecule has 0 atom stereocenters. The van der Waals surface area contributed by atoms with Crippen LogP contribution in [0.3, 0.4) is 0 Å². The summed E-state index contributed by atoms with van der Waals surface area (Å²) in [6.45, 7) is 0.368. The number of fused-ring (bicyclic) bond motifs is 1. The van der Waals surface area contributed by atoms with Crippen LogP contribution < -0.4 is 11.1 Å². The zero-order valence-electron chi connectivity index (χ0n) is 20.3. The topological polar surface area (TPSA) is 112 Å². The quantitative estimate of drug-likeness (QED) is 0.316. The summed E-state index contributed by atoms with van der Waals surface area (Å²) in [5.74, 6) is 0.935. The molecule has 38 heavy (non-hydrogen) atoms. The Morgan fingerprint density at radius 3 is 2.74 bits per heavy atom. The molecule has 0 bridgehead atoms. The SMILES string of the molecule is Nc1ncccc1-c1nc2ccc(-c3ccco3)nc2n1C1=CC=C(CNC(=O)c2cccc(F)c2)CC1. The summed E-state index contributed by atoms with van der Waals surface area (Å²) >= 11 is 0. The molecule has 1 aromatic carbocycles. The van der Waals surface area contributed by atoms with Crippen molar-refractivity contribution in [3.8, 4) is 22.8 Å². The smallest absolute Gasteiger partial charge is 0.251 e. The third-order valence-electron chi connectivity index (χ3n) is 6.42. The van der Waals surface area contributed by atoms with Gasteiger partial charge in [0.1, 0.15) is 28.7 Å². The molecule has 0 radical (unpaired) electrons. The molecule has 3 N–H and O–H groups in total. The van der Waals surface area contributed by atoms with Crippen LogP contribution in [0.15, 0.2) is 95.3 Å². The molecule has 6 rings (SSSR count). The Bertz CT molecular complexity index is 1720. The Morgan fingerprint density at radius 1 is 1.05 bits per heavy atom. The van der Waals surface area contributed by atoms with E-state index in [1.54, 1.807) is 18.5 Å². The minimum absolute atomic E-state index is 0.291. The summed E-state index contributed by atoms with van der Waals surface area (Å²) in [7, 11) is 0. The van der Waals surface area contributed by atoms with Crippen LogP contribution in [0.5, 0.6) is 0 Å². The van der Waals surface area contributed by atoms with Gasteiger partial charge in [-0.3, -0.25) is 9.36 Å². The predicted octanol–water partition coefficient (Wildman–Crippen LogP) is 5.47. The van der Waals surface area contributed by atoms with Crippen LogP contribution in [-0.2, 0) is 0 Å². The number of rotatable bonds is 6. The van der Waals surface area contributed by atoms with Crippen molar-refractivity contribution < 1.29 is 13.6 Å². The van der Waals surface area contributed by atoms with Crippen molar-refractivity contribution >= 4 is 28.6 Å². The van der Waals surface area contributed by atoms with Gasteiger partial charge in [0.15, 0.2) is 11.4 Å². The van der Waals surface area contributed by atoms with E-state index in [0.717, 1.165) is 23.2 Å². The third-order valence-corrected chi connectivity index (χ3v) is 6.42. The fourth-order valence-corrected chi connectivity index (χ4v) is 4.51. The van der Waals surface area contributed by atoms with E-state index in [2.05, 4.69) is 10.3 Å². The number of hydrogen-bond acceptors (Lipinski definition) is 6. The second-order valence-electron chi connectivity index (χ2n) is 8.90. The molecule has 4 aromatic heterocycles. The highest BCUT2D eigenvalue weighted by Gasteiger charge is 2.21. The highest BCUT2D eigenvalue weighted by molar-refractivity contribution is 5.94. The molecule has 0 fully saturated rings. The van der Waals surface area contributed by atoms with Gasteiger partial charge in [0.25, 0.3) is 5.91 Å². The highest BCUT2D eigenvalue weighted by Crippen LogP contribution is 2.34. The summed E-state index contributed by atoms with van der Waals surface area (Å²) < 4.78 is 21.0. The van der Waals surface area contributed by atoms with Crippen molar-refractivity contribution in [3.63, 3.8) is 0 Å². The van der Waals surface area contributed by atoms with Gasteiger partial charge >= 0.3 is 0 Å². The number of benzene rings is 1. The first-order chi connectivity index (χ1) is 18.6. The van der Waals surface area contributed by atoms with E-state index in [-0.39, 0.29) is 5.91 Å². The number of carbonyl (C=O) groups excluding carboxylic acids is 1. The molecule has 0 spiro atoms. The molecular weight excluding hydrogens is 483 g/mol. The summed E-state index contributed by atoms with van der Waals surface area (Å²) in [4.78, 5) is 26.4. The number of nitrogen functional groups attached to an aromatic ring is 1. The maximum Gasteiger partial charge on any atom is 0.251 e. The van der Waals surface area contributed by atoms with Crippen LogP contribution in [0.1, 0.15) is 23.2 Å². The summed E-state index contributed by atoms with van der Waals surface area (Å²) in [5.41, 5.74) is 11.4. The molecule has 0 unspecified atom stereocenters. The van der Waals surface area contributed by atoms with Gasteiger partial charge < -0.3 is 15.5 Å². The third kappa shape index (κ3) is 4.45. The van der Waals surface area contributed by atoms with Crippen LogP contribution in [-0.4, -0.2) is 32.0 Å². The number of allylic oxidation sites excluding steroid dienone is 3. The van der Waals surface area contributed by atoms with Crippen molar-refractivity contribution in [2.24, 2.45) is 0 Å². The zero-order chi connectivity index (χ0) is 26.1. The van der Waals surface area contributed by atoms with Gasteiger partial charge in [-0.15, -0.1) is 0 Å². The largest absolute Gasteiger partial charge is 0.463 e. The minimum atomic E-state index is -0.441. The number of hydrogen-bond donors (Lipinski definition) is 2. The van der Waals surface area contributed by atoms with Gasteiger partial charge in [-0.05, 0) is 73.5 Å². The molecule has 5 aromatic rings. The summed E-state index contributed by atoms with van der Waals surface area (Å²) in [6.07, 6.45) is 8.66. The molecule has 9 heteroatoms. The second-order valence-corrected chi connectivity index (χ2v) is 8.90. The molecule has 0 saturated carbocycles. The Kier molecular flexibility index (Phi) is 6.01. The van der Waals surface area contributed by atoms with Crippen LogP contribution in [0.4, 0.5) is 10.2 Å². The first-order valence-corrected chi connectivity index (χ1v) is 12.1. The molecular formula is C29H23FN6O2. The highest BCUT2D eigenvalue weighted by atomic mass is 19.1. The fourth-order valence-electron chi connectivity index (χ4n) is 4.51. The number of imidazole rings is 1. The molecule has 0 aliphatic heterocycles. The number of furan rings is 1. The Balaban J connectivity index is 1.35. The lowest BCUT2D eigenvalue weighted by atomic mass is 10.0. The number of nitrogens with zero attached hydrogens (tertiary/aromatic N) is 4. The van der Waals surface area contributed by atoms with E-state index < -0.39 is 5.82 Å². The molecule has 1 aliphatic rings. The lowest BCUT2D eigenvalue weighted by molar-refractivity contribution is 0.0956. The van der Waals surface area contributed by atoms with Crippen molar-refractivity contribution in [2.45, 2.75) is 12.8 Å². The van der Waals surface area contributed by atoms with Gasteiger partial charge in [0.2, 0.25) is 0 Å². The monoisotopic (exact) mass is 506 g/mol. The molecule has 8 nitrogen and oxygen atoms in total. The predicted molar refractivity (Wildman–Crippen MR) is 143 cm³/mol. The lowest BCUT2D eigenvalue weighted by Crippen LogP contribution is -2.26. The second kappa shape index (κ2) is 9.78. The number of pyridine rings is 2. The standard InChI is InChI=1S/C29H23FN6O2/c30-20-5-1-4-19(16-20)29(37)33-17-18-8-10-21(11-9-18)36-27(22-6-2-14-32-26(22)31)35-24-13-12-23(34-28(24)36)25-7-3-15-38-25/h1-8,10,12-16H,9,11,17H2,(H2,31,32)(H,33,37).